The predicted octanol–water partition coefficient (Wildman–Crippen LogP) is 6.37. The fourth-order valence-corrected chi connectivity index (χ4v) is 3.38. The minimum Gasteiger partial charge on any atom is -0.317 e. The third-order valence-corrected chi connectivity index (χ3v) is 4.83. The number of hydrogen-bond donors (Lipinski definition) is 0. The Morgan fingerprint density at radius 2 is 1.76 bits per heavy atom. The standard InChI is InChI=1S/C22H23ClN2/c1-5-18-8-6-7-15(2)22(18)25-16(3)13-19(17(25)4)14-24-21-11-9-20(23)10-12-21/h6-14H,5H2,1-4H3. The van der Waals surface area contributed by atoms with E-state index in [0.717, 1.165) is 22.7 Å². The minimum atomic E-state index is 0.726. The minimum absolute atomic E-state index is 0.726. The van der Waals surface area contributed by atoms with E-state index in [1.54, 1.807) is 0 Å². The van der Waals surface area contributed by atoms with Gasteiger partial charge in [0.25, 0.3) is 0 Å². The number of benzene rings is 2. The molecule has 0 amide bonds. The molecule has 0 saturated carbocycles. The first kappa shape index (κ1) is 17.5. The fourth-order valence-electron chi connectivity index (χ4n) is 3.26. The second-order valence-electron chi connectivity index (χ2n) is 6.33. The molecule has 0 atom stereocenters. The Labute approximate surface area is 154 Å². The lowest BCUT2D eigenvalue weighted by Crippen LogP contribution is -2.05. The summed E-state index contributed by atoms with van der Waals surface area (Å²) in [6.07, 6.45) is 2.95. The van der Waals surface area contributed by atoms with Crippen molar-refractivity contribution < 1.29 is 0 Å². The van der Waals surface area contributed by atoms with Crippen LogP contribution < -0.4 is 0 Å². The maximum atomic E-state index is 5.93. The molecule has 2 aromatic carbocycles. The van der Waals surface area contributed by atoms with Crippen LogP contribution in [0, 0.1) is 20.8 Å². The van der Waals surface area contributed by atoms with Gasteiger partial charge in [-0.1, -0.05) is 36.7 Å². The first-order chi connectivity index (χ1) is 12.0. The summed E-state index contributed by atoms with van der Waals surface area (Å²) in [4.78, 5) is 4.59. The molecule has 3 aromatic rings. The molecule has 0 aliphatic heterocycles. The van der Waals surface area contributed by atoms with Crippen molar-refractivity contribution in [3.63, 3.8) is 0 Å². The Hall–Kier alpha value is -2.32. The molecule has 25 heavy (non-hydrogen) atoms. The summed E-state index contributed by atoms with van der Waals surface area (Å²) in [5.74, 6) is 0. The molecule has 0 N–H and O–H groups in total. The van der Waals surface area contributed by atoms with Gasteiger partial charge in [0.05, 0.1) is 11.4 Å². The maximum absolute atomic E-state index is 5.93. The highest BCUT2D eigenvalue weighted by Crippen LogP contribution is 2.26. The topological polar surface area (TPSA) is 17.3 Å². The predicted molar refractivity (Wildman–Crippen MR) is 108 cm³/mol. The Bertz CT molecular complexity index is 918. The lowest BCUT2D eigenvalue weighted by Gasteiger charge is -2.17. The molecule has 0 radical (unpaired) electrons. The first-order valence-corrected chi connectivity index (χ1v) is 8.96. The van der Waals surface area contributed by atoms with E-state index >= 15 is 0 Å². The number of nitrogens with zero attached hydrogens (tertiary/aromatic N) is 2. The highest BCUT2D eigenvalue weighted by atomic mass is 35.5. The summed E-state index contributed by atoms with van der Waals surface area (Å²) in [5.41, 5.74) is 8.42. The molecule has 3 rings (SSSR count). The van der Waals surface area contributed by atoms with Gasteiger partial charge in [-0.05, 0) is 68.7 Å². The van der Waals surface area contributed by atoms with Crippen molar-refractivity contribution in [2.75, 3.05) is 0 Å². The second-order valence-corrected chi connectivity index (χ2v) is 6.77. The van der Waals surface area contributed by atoms with Crippen molar-refractivity contribution >= 4 is 23.5 Å². The zero-order valence-electron chi connectivity index (χ0n) is 15.2. The Balaban J connectivity index is 2.04. The van der Waals surface area contributed by atoms with Gasteiger partial charge in [0.1, 0.15) is 0 Å². The molecule has 3 heteroatoms. The van der Waals surface area contributed by atoms with Crippen LogP contribution in [0.2, 0.25) is 5.02 Å². The second kappa shape index (κ2) is 7.28. The quantitative estimate of drug-likeness (QED) is 0.486. The number of halogens is 1. The van der Waals surface area contributed by atoms with Gasteiger partial charge in [0.15, 0.2) is 0 Å². The van der Waals surface area contributed by atoms with Crippen molar-refractivity contribution in [3.05, 3.63) is 81.6 Å². The van der Waals surface area contributed by atoms with Crippen LogP contribution in [0.3, 0.4) is 0 Å². The number of aliphatic imine (C=N–C) groups is 1. The molecule has 128 valence electrons. The average molecular weight is 351 g/mol. The largest absolute Gasteiger partial charge is 0.317 e. The lowest BCUT2D eigenvalue weighted by molar-refractivity contribution is 0.926. The maximum Gasteiger partial charge on any atom is 0.0630 e. The Kier molecular flexibility index (Phi) is 5.10. The van der Waals surface area contributed by atoms with E-state index in [4.69, 9.17) is 11.6 Å². The number of rotatable bonds is 4. The SMILES string of the molecule is CCc1cccc(C)c1-n1c(C)cc(C=Nc2ccc(Cl)cc2)c1C. The zero-order valence-corrected chi connectivity index (χ0v) is 15.9. The van der Waals surface area contributed by atoms with E-state index < -0.39 is 0 Å². The Morgan fingerprint density at radius 1 is 1.04 bits per heavy atom. The van der Waals surface area contributed by atoms with Gasteiger partial charge in [0, 0.05) is 28.2 Å². The lowest BCUT2D eigenvalue weighted by atomic mass is 10.1. The molecular weight excluding hydrogens is 328 g/mol. The third-order valence-electron chi connectivity index (χ3n) is 4.58. The van der Waals surface area contributed by atoms with Crippen molar-refractivity contribution in [1.29, 1.82) is 0 Å². The van der Waals surface area contributed by atoms with Crippen LogP contribution in [0.1, 0.15) is 35.0 Å². The van der Waals surface area contributed by atoms with E-state index in [0.29, 0.717) is 0 Å². The van der Waals surface area contributed by atoms with Gasteiger partial charge in [-0.3, -0.25) is 4.99 Å². The molecule has 0 unspecified atom stereocenters. The van der Waals surface area contributed by atoms with Gasteiger partial charge in [-0.2, -0.15) is 0 Å². The van der Waals surface area contributed by atoms with Gasteiger partial charge < -0.3 is 4.57 Å². The molecule has 0 fully saturated rings. The van der Waals surface area contributed by atoms with E-state index in [9.17, 15) is 0 Å². The molecule has 0 aliphatic carbocycles. The highest BCUT2D eigenvalue weighted by Gasteiger charge is 2.14. The van der Waals surface area contributed by atoms with Crippen LogP contribution in [-0.4, -0.2) is 10.8 Å². The average Bonchev–Trinajstić information content (AvgIpc) is 2.88. The molecule has 2 nitrogen and oxygen atoms in total. The van der Waals surface area contributed by atoms with Crippen molar-refractivity contribution in [1.82, 2.24) is 4.57 Å². The van der Waals surface area contributed by atoms with Crippen LogP contribution in [-0.2, 0) is 6.42 Å². The van der Waals surface area contributed by atoms with Gasteiger partial charge in [-0.25, -0.2) is 0 Å². The van der Waals surface area contributed by atoms with Crippen LogP contribution in [0.5, 0.6) is 0 Å². The molecule has 1 heterocycles. The van der Waals surface area contributed by atoms with Gasteiger partial charge in [-0.15, -0.1) is 0 Å². The van der Waals surface area contributed by atoms with Crippen LogP contribution in [0.15, 0.2) is 53.5 Å². The smallest absolute Gasteiger partial charge is 0.0630 e. The number of para-hydroxylation sites is 1. The summed E-state index contributed by atoms with van der Waals surface area (Å²) in [6, 6.07) is 16.3. The number of aromatic nitrogens is 1. The summed E-state index contributed by atoms with van der Waals surface area (Å²) >= 11 is 5.93. The summed E-state index contributed by atoms with van der Waals surface area (Å²) in [6.45, 7) is 8.69. The third kappa shape index (κ3) is 3.54. The molecule has 0 bridgehead atoms. The fraction of sp³-hybridized carbons (Fsp3) is 0.227. The number of hydrogen-bond acceptors (Lipinski definition) is 1. The van der Waals surface area contributed by atoms with Crippen molar-refractivity contribution in [2.45, 2.75) is 34.1 Å². The van der Waals surface area contributed by atoms with E-state index in [2.05, 4.69) is 61.5 Å². The molecule has 0 saturated heterocycles. The van der Waals surface area contributed by atoms with E-state index in [1.165, 1.54) is 28.2 Å². The number of aryl methyl sites for hydroxylation is 3. The molecular formula is C22H23ClN2. The van der Waals surface area contributed by atoms with Crippen LogP contribution in [0.4, 0.5) is 5.69 Å². The summed E-state index contributed by atoms with van der Waals surface area (Å²) < 4.78 is 2.34. The zero-order chi connectivity index (χ0) is 18.0. The first-order valence-electron chi connectivity index (χ1n) is 8.58. The molecule has 1 aromatic heterocycles. The highest BCUT2D eigenvalue weighted by molar-refractivity contribution is 6.30. The van der Waals surface area contributed by atoms with E-state index in [1.807, 2.05) is 30.5 Å². The monoisotopic (exact) mass is 350 g/mol. The van der Waals surface area contributed by atoms with Gasteiger partial charge in [0.2, 0.25) is 0 Å². The Morgan fingerprint density at radius 3 is 2.44 bits per heavy atom. The summed E-state index contributed by atoms with van der Waals surface area (Å²) in [5, 5.41) is 0.726. The summed E-state index contributed by atoms with van der Waals surface area (Å²) in [7, 11) is 0. The molecule has 0 spiro atoms. The van der Waals surface area contributed by atoms with Crippen LogP contribution >= 0.6 is 11.6 Å². The van der Waals surface area contributed by atoms with Gasteiger partial charge >= 0.3 is 0 Å². The van der Waals surface area contributed by atoms with Crippen molar-refractivity contribution in [2.24, 2.45) is 4.99 Å². The van der Waals surface area contributed by atoms with Crippen LogP contribution in [0.25, 0.3) is 5.69 Å². The van der Waals surface area contributed by atoms with Crippen molar-refractivity contribution in [3.8, 4) is 5.69 Å². The molecule has 0 aliphatic rings. The normalized spacial score (nSPS) is 11.4. The van der Waals surface area contributed by atoms with E-state index in [-0.39, 0.29) is 0 Å².